The molecule has 0 aliphatic carbocycles. The molecule has 0 radical (unpaired) electrons. The lowest BCUT2D eigenvalue weighted by atomic mass is 10.0. The largest absolute Gasteiger partial charge is 0.502 e. The van der Waals surface area contributed by atoms with Gasteiger partial charge in [0, 0.05) is 6.07 Å². The van der Waals surface area contributed by atoms with Gasteiger partial charge in [-0.25, -0.2) is 0 Å². The van der Waals surface area contributed by atoms with E-state index in [1.54, 1.807) is 0 Å². The molecule has 0 aromatic heterocycles. The predicted octanol–water partition coefficient (Wildman–Crippen LogP) is -0.348. The maximum Gasteiger partial charge on any atom is 0.321 e. The van der Waals surface area contributed by atoms with Crippen LogP contribution in [0.5, 0.6) is 5.75 Å². The minimum Gasteiger partial charge on any atom is -0.502 e. The van der Waals surface area contributed by atoms with E-state index in [1.807, 2.05) is 0 Å². The Bertz CT molecular complexity index is 565. The van der Waals surface area contributed by atoms with Crippen LogP contribution in [0, 0.1) is 10.1 Å². The Balaban J connectivity index is 2.96. The molecule has 0 saturated carbocycles. The first kappa shape index (κ1) is 16.2. The number of nitro groups is 1. The van der Waals surface area contributed by atoms with Gasteiger partial charge in [0.2, 0.25) is 0 Å². The number of phenols is 1. The highest BCUT2D eigenvalue weighted by Crippen LogP contribution is 2.26. The molecular weight excluding hydrogens is 284 g/mol. The minimum atomic E-state index is -1.32. The zero-order valence-electron chi connectivity index (χ0n) is 10.6. The molecule has 1 aromatic carbocycles. The molecule has 9 nitrogen and oxygen atoms in total. The molecule has 0 spiro atoms. The number of nitro benzene ring substituents is 1. The van der Waals surface area contributed by atoms with Gasteiger partial charge in [-0.1, -0.05) is 6.07 Å². The van der Waals surface area contributed by atoms with Gasteiger partial charge in [-0.3, -0.25) is 20.2 Å². The van der Waals surface area contributed by atoms with Crippen LogP contribution in [0.15, 0.2) is 18.2 Å². The van der Waals surface area contributed by atoms with E-state index in [-0.39, 0.29) is 24.6 Å². The number of aliphatic carboxylic acids is 1. The average molecular weight is 296 g/mol. The lowest BCUT2D eigenvalue weighted by molar-refractivity contribution is -0.385. The van der Waals surface area contributed by atoms with Crippen molar-refractivity contribution in [1.29, 1.82) is 0 Å². The molecule has 3 N–H and O–H groups in total. The van der Waals surface area contributed by atoms with E-state index in [4.69, 9.17) is 5.11 Å². The van der Waals surface area contributed by atoms with Crippen LogP contribution in [0.2, 0.25) is 0 Å². The van der Waals surface area contributed by atoms with E-state index < -0.39 is 34.4 Å². The molecule has 0 unspecified atom stereocenters. The second kappa shape index (κ2) is 7.10. The Morgan fingerprint density at radius 2 is 2.00 bits per heavy atom. The van der Waals surface area contributed by atoms with Gasteiger partial charge in [0.1, 0.15) is 24.7 Å². The summed E-state index contributed by atoms with van der Waals surface area (Å²) in [6, 6.07) is 0.858. The Hall–Kier alpha value is -2.81. The first-order chi connectivity index (χ1) is 9.88. The monoisotopic (exact) mass is 296 g/mol. The van der Waals surface area contributed by atoms with Gasteiger partial charge in [-0.05, 0) is 18.1 Å². The van der Waals surface area contributed by atoms with Crippen LogP contribution in [-0.4, -0.2) is 45.8 Å². The molecule has 112 valence electrons. The molecule has 0 aliphatic heterocycles. The number of phenolic OH excluding ortho intramolecular Hbond substituents is 1. The summed E-state index contributed by atoms with van der Waals surface area (Å²) in [5, 5.41) is 31.3. The van der Waals surface area contributed by atoms with Crippen molar-refractivity contribution in [3.05, 3.63) is 33.9 Å². The molecule has 0 saturated heterocycles. The van der Waals surface area contributed by atoms with Gasteiger partial charge in [0.25, 0.3) is 0 Å². The summed E-state index contributed by atoms with van der Waals surface area (Å²) in [4.78, 5) is 42.0. The molecule has 0 bridgehead atoms. The lowest BCUT2D eigenvalue weighted by Crippen LogP contribution is -2.46. The van der Waals surface area contributed by atoms with Crippen molar-refractivity contribution in [2.75, 3.05) is 0 Å². The SMILES string of the molecule is O=CC(C=O)N[C@@H](Cc1ccc(O)c([N+](=O)[O-])c1)C(=O)O. The molecule has 1 atom stereocenters. The van der Waals surface area contributed by atoms with Crippen LogP contribution in [0.4, 0.5) is 5.69 Å². The summed E-state index contributed by atoms with van der Waals surface area (Å²) in [7, 11) is 0. The fourth-order valence-corrected chi connectivity index (χ4v) is 1.64. The standard InChI is InChI=1S/C12H12N2O7/c15-5-8(6-16)13-9(12(18)19)3-7-1-2-11(17)10(4-7)14(20)21/h1-2,4-6,8-9,13,17H,3H2,(H,18,19)/t9-/m0/s1. The van der Waals surface area contributed by atoms with Crippen LogP contribution >= 0.6 is 0 Å². The summed E-state index contributed by atoms with van der Waals surface area (Å²) in [6.07, 6.45) is 0.305. The fraction of sp³-hybridized carbons (Fsp3) is 0.250. The van der Waals surface area contributed by atoms with Gasteiger partial charge < -0.3 is 19.8 Å². The molecule has 0 heterocycles. The van der Waals surface area contributed by atoms with Gasteiger partial charge in [-0.15, -0.1) is 0 Å². The smallest absolute Gasteiger partial charge is 0.321 e. The van der Waals surface area contributed by atoms with Gasteiger partial charge in [-0.2, -0.15) is 0 Å². The number of rotatable bonds is 8. The predicted molar refractivity (Wildman–Crippen MR) is 68.9 cm³/mol. The number of nitrogens with zero attached hydrogens (tertiary/aromatic N) is 1. The van der Waals surface area contributed by atoms with Crippen molar-refractivity contribution in [2.24, 2.45) is 0 Å². The minimum absolute atomic E-state index is 0.200. The Kier molecular flexibility index (Phi) is 5.49. The molecule has 0 amide bonds. The van der Waals surface area contributed by atoms with Gasteiger partial charge in [0.05, 0.1) is 4.92 Å². The highest BCUT2D eigenvalue weighted by molar-refractivity contribution is 5.84. The van der Waals surface area contributed by atoms with Crippen molar-refractivity contribution in [3.63, 3.8) is 0 Å². The van der Waals surface area contributed by atoms with Crippen LogP contribution in [0.1, 0.15) is 5.56 Å². The van der Waals surface area contributed by atoms with Crippen LogP contribution in [0.25, 0.3) is 0 Å². The van der Waals surface area contributed by atoms with Crippen LogP contribution < -0.4 is 5.32 Å². The van der Waals surface area contributed by atoms with Crippen molar-refractivity contribution >= 4 is 24.2 Å². The quantitative estimate of drug-likeness (QED) is 0.255. The van der Waals surface area contributed by atoms with Crippen molar-refractivity contribution < 1.29 is 29.5 Å². The summed E-state index contributed by atoms with van der Waals surface area (Å²) >= 11 is 0. The summed E-state index contributed by atoms with van der Waals surface area (Å²) in [5.74, 6) is -1.86. The number of hydrogen-bond acceptors (Lipinski definition) is 7. The average Bonchev–Trinajstić information content (AvgIpc) is 2.44. The number of aromatic hydroxyl groups is 1. The van der Waals surface area contributed by atoms with E-state index in [2.05, 4.69) is 5.32 Å². The highest BCUT2D eigenvalue weighted by atomic mass is 16.6. The van der Waals surface area contributed by atoms with E-state index >= 15 is 0 Å². The molecule has 21 heavy (non-hydrogen) atoms. The van der Waals surface area contributed by atoms with Crippen molar-refractivity contribution in [2.45, 2.75) is 18.5 Å². The van der Waals surface area contributed by atoms with Crippen LogP contribution in [0.3, 0.4) is 0 Å². The fourth-order valence-electron chi connectivity index (χ4n) is 1.64. The van der Waals surface area contributed by atoms with E-state index in [0.29, 0.717) is 0 Å². The molecule has 0 fully saturated rings. The first-order valence-electron chi connectivity index (χ1n) is 5.74. The molecule has 0 aliphatic rings. The van der Waals surface area contributed by atoms with E-state index in [1.165, 1.54) is 6.07 Å². The zero-order chi connectivity index (χ0) is 16.0. The number of hydrogen-bond donors (Lipinski definition) is 3. The maximum atomic E-state index is 11.1. The lowest BCUT2D eigenvalue weighted by Gasteiger charge is -2.15. The molecule has 1 aromatic rings. The molecule has 1 rings (SSSR count). The highest BCUT2D eigenvalue weighted by Gasteiger charge is 2.23. The number of carbonyl (C=O) groups is 3. The molecular formula is C12H12N2O7. The van der Waals surface area contributed by atoms with Crippen molar-refractivity contribution in [3.8, 4) is 5.75 Å². The number of carboxylic acid groups (broad SMARTS) is 1. The second-order valence-corrected chi connectivity index (χ2v) is 4.14. The maximum absolute atomic E-state index is 11.1. The van der Waals surface area contributed by atoms with Crippen molar-refractivity contribution in [1.82, 2.24) is 5.32 Å². The number of nitrogens with one attached hydrogen (secondary N) is 1. The van der Waals surface area contributed by atoms with Gasteiger partial charge in [0.15, 0.2) is 5.75 Å². The summed E-state index contributed by atoms with van der Waals surface area (Å²) in [5.41, 5.74) is -0.297. The number of benzene rings is 1. The normalized spacial score (nSPS) is 11.9. The van der Waals surface area contributed by atoms with Gasteiger partial charge >= 0.3 is 11.7 Å². The summed E-state index contributed by atoms with van der Waals surface area (Å²) < 4.78 is 0. The van der Waals surface area contributed by atoms with Crippen LogP contribution in [-0.2, 0) is 20.8 Å². The third-order valence-corrected chi connectivity index (χ3v) is 2.66. The third kappa shape index (κ3) is 4.35. The molecule has 9 heteroatoms. The van der Waals surface area contributed by atoms with E-state index in [9.17, 15) is 29.6 Å². The number of carbonyl (C=O) groups excluding carboxylic acids is 2. The Morgan fingerprint density at radius 3 is 2.48 bits per heavy atom. The summed E-state index contributed by atoms with van der Waals surface area (Å²) in [6.45, 7) is 0. The first-order valence-corrected chi connectivity index (χ1v) is 5.74. The topological polar surface area (TPSA) is 147 Å². The number of aldehydes is 2. The Labute approximate surface area is 118 Å². The zero-order valence-corrected chi connectivity index (χ0v) is 10.6. The Morgan fingerprint density at radius 1 is 1.38 bits per heavy atom. The third-order valence-electron chi connectivity index (χ3n) is 2.66. The second-order valence-electron chi connectivity index (χ2n) is 4.14. The number of carboxylic acids is 1. The van der Waals surface area contributed by atoms with E-state index in [0.717, 1.165) is 12.1 Å².